The lowest BCUT2D eigenvalue weighted by Crippen LogP contribution is -2.16. The molecule has 7 heteroatoms. The van der Waals surface area contributed by atoms with E-state index in [1.807, 2.05) is 0 Å². The lowest BCUT2D eigenvalue weighted by molar-refractivity contribution is -0.140. The number of alkyl halides is 6. The number of rotatable bonds is 4. The largest absolute Gasteiger partial charge is 0.416 e. The second-order valence-corrected chi connectivity index (χ2v) is 4.21. The normalized spacial score (nSPS) is 14.5. The summed E-state index contributed by atoms with van der Waals surface area (Å²) in [5.41, 5.74) is -0.469. The molecule has 1 aromatic carbocycles. The molecule has 0 saturated carbocycles. The molecule has 0 aliphatic heterocycles. The Morgan fingerprint density at radius 3 is 1.89 bits per heavy atom. The van der Waals surface area contributed by atoms with Crippen LogP contribution in [0.25, 0.3) is 0 Å². The van der Waals surface area contributed by atoms with E-state index in [4.69, 9.17) is 0 Å². The molecule has 1 aromatic rings. The van der Waals surface area contributed by atoms with Gasteiger partial charge in [-0.25, -0.2) is 0 Å². The second-order valence-electron chi connectivity index (χ2n) is 4.21. The smallest absolute Gasteiger partial charge is 0.393 e. The van der Waals surface area contributed by atoms with Crippen LogP contribution in [0.1, 0.15) is 24.0 Å². The zero-order valence-electron chi connectivity index (χ0n) is 9.72. The monoisotopic (exact) mass is 286 g/mol. The first-order chi connectivity index (χ1) is 8.58. The summed E-state index contributed by atoms with van der Waals surface area (Å²) in [6.07, 6.45) is -11.7. The minimum Gasteiger partial charge on any atom is -0.393 e. The Bertz CT molecular complexity index is 392. The molecule has 0 saturated heterocycles. The molecular formula is C12H12F6O. The van der Waals surface area contributed by atoms with Gasteiger partial charge in [-0.05, 0) is 30.5 Å². The average molecular weight is 286 g/mol. The van der Waals surface area contributed by atoms with Crippen LogP contribution in [0.3, 0.4) is 0 Å². The highest BCUT2D eigenvalue weighted by molar-refractivity contribution is 5.25. The molecule has 1 rings (SSSR count). The van der Waals surface area contributed by atoms with E-state index in [1.165, 1.54) is 0 Å². The summed E-state index contributed by atoms with van der Waals surface area (Å²) in [5, 5.41) is 9.37. The highest BCUT2D eigenvalue weighted by Gasteiger charge is 2.30. The van der Waals surface area contributed by atoms with Crippen molar-refractivity contribution in [1.29, 1.82) is 0 Å². The van der Waals surface area contributed by atoms with Gasteiger partial charge in [0.2, 0.25) is 0 Å². The lowest BCUT2D eigenvalue weighted by atomic mass is 10.0. The molecule has 0 bridgehead atoms. The van der Waals surface area contributed by atoms with Gasteiger partial charge in [-0.2, -0.15) is 26.3 Å². The Kier molecular flexibility index (Phi) is 4.84. The molecule has 0 aromatic heterocycles. The number of hydrogen-bond donors (Lipinski definition) is 1. The average Bonchev–Trinajstić information content (AvgIpc) is 2.25. The van der Waals surface area contributed by atoms with E-state index in [0.29, 0.717) is 5.56 Å². The van der Waals surface area contributed by atoms with Crippen LogP contribution in [-0.4, -0.2) is 17.4 Å². The van der Waals surface area contributed by atoms with Crippen LogP contribution in [0.5, 0.6) is 0 Å². The van der Waals surface area contributed by atoms with Crippen molar-refractivity contribution in [1.82, 2.24) is 0 Å². The summed E-state index contributed by atoms with van der Waals surface area (Å²) in [5.74, 6) is 0. The van der Waals surface area contributed by atoms with E-state index in [2.05, 4.69) is 0 Å². The van der Waals surface area contributed by atoms with Crippen molar-refractivity contribution in [2.45, 2.75) is 37.7 Å². The maximum Gasteiger partial charge on any atom is 0.416 e. The van der Waals surface area contributed by atoms with E-state index in [-0.39, 0.29) is 6.42 Å². The van der Waals surface area contributed by atoms with Gasteiger partial charge in [-0.1, -0.05) is 12.1 Å². The molecule has 0 aliphatic rings. The molecule has 1 nitrogen and oxygen atoms in total. The highest BCUT2D eigenvalue weighted by atomic mass is 19.4. The van der Waals surface area contributed by atoms with E-state index in [0.717, 1.165) is 24.3 Å². The fourth-order valence-electron chi connectivity index (χ4n) is 1.53. The van der Waals surface area contributed by atoms with Gasteiger partial charge in [-0.15, -0.1) is 0 Å². The predicted octanol–water partition coefficient (Wildman–Crippen LogP) is 3.95. The van der Waals surface area contributed by atoms with E-state index >= 15 is 0 Å². The number of benzene rings is 1. The molecule has 1 unspecified atom stereocenters. The molecule has 0 aliphatic carbocycles. The van der Waals surface area contributed by atoms with E-state index in [9.17, 15) is 31.4 Å². The maximum atomic E-state index is 12.3. The Balaban J connectivity index is 2.54. The van der Waals surface area contributed by atoms with Crippen LogP contribution in [0.2, 0.25) is 0 Å². The van der Waals surface area contributed by atoms with Crippen LogP contribution in [-0.2, 0) is 12.6 Å². The van der Waals surface area contributed by atoms with Gasteiger partial charge in [0.25, 0.3) is 0 Å². The Morgan fingerprint density at radius 1 is 0.947 bits per heavy atom. The standard InChI is InChI=1S/C12H12F6O/c13-11(14,15)6-5-10(19)7-8-1-3-9(4-2-8)12(16,17)18/h1-4,10,19H,5-7H2. The number of aliphatic hydroxyl groups excluding tert-OH is 1. The van der Waals surface area contributed by atoms with E-state index in [1.54, 1.807) is 0 Å². The van der Waals surface area contributed by atoms with Crippen molar-refractivity contribution in [2.24, 2.45) is 0 Å². The van der Waals surface area contributed by atoms with Crippen LogP contribution in [0, 0.1) is 0 Å². The van der Waals surface area contributed by atoms with Crippen LogP contribution in [0.15, 0.2) is 24.3 Å². The zero-order valence-corrected chi connectivity index (χ0v) is 9.72. The van der Waals surface area contributed by atoms with Gasteiger partial charge in [0, 0.05) is 6.42 Å². The van der Waals surface area contributed by atoms with Gasteiger partial charge in [0.15, 0.2) is 0 Å². The Labute approximate surface area is 105 Å². The Morgan fingerprint density at radius 2 is 1.47 bits per heavy atom. The van der Waals surface area contributed by atoms with Crippen LogP contribution in [0.4, 0.5) is 26.3 Å². The summed E-state index contributed by atoms with van der Waals surface area (Å²) in [6, 6.07) is 3.98. The van der Waals surface area contributed by atoms with E-state index < -0.39 is 36.9 Å². The van der Waals surface area contributed by atoms with Crippen molar-refractivity contribution >= 4 is 0 Å². The summed E-state index contributed by atoms with van der Waals surface area (Å²) >= 11 is 0. The number of halogens is 6. The van der Waals surface area contributed by atoms with Gasteiger partial charge in [0.05, 0.1) is 11.7 Å². The molecule has 0 radical (unpaired) electrons. The third-order valence-corrected chi connectivity index (χ3v) is 2.51. The zero-order chi connectivity index (χ0) is 14.7. The quantitative estimate of drug-likeness (QED) is 0.831. The van der Waals surface area contributed by atoms with Crippen molar-refractivity contribution in [3.05, 3.63) is 35.4 Å². The highest BCUT2D eigenvalue weighted by Crippen LogP contribution is 2.29. The molecule has 0 fully saturated rings. The SMILES string of the molecule is OC(CCC(F)(F)F)Cc1ccc(C(F)(F)F)cc1. The second kappa shape index (κ2) is 5.81. The molecule has 0 amide bonds. The molecule has 0 spiro atoms. The Hall–Kier alpha value is -1.24. The first kappa shape index (κ1) is 15.8. The first-order valence-electron chi connectivity index (χ1n) is 5.49. The van der Waals surface area contributed by atoms with Crippen molar-refractivity contribution in [3.8, 4) is 0 Å². The van der Waals surface area contributed by atoms with Crippen molar-refractivity contribution < 1.29 is 31.4 Å². The fraction of sp³-hybridized carbons (Fsp3) is 0.500. The van der Waals surface area contributed by atoms with Gasteiger partial charge < -0.3 is 5.11 Å². The number of hydrogen-bond acceptors (Lipinski definition) is 1. The maximum absolute atomic E-state index is 12.3. The molecule has 1 N–H and O–H groups in total. The third kappa shape index (κ3) is 5.96. The van der Waals surface area contributed by atoms with Gasteiger partial charge in [0.1, 0.15) is 0 Å². The predicted molar refractivity (Wildman–Crippen MR) is 56.4 cm³/mol. The summed E-state index contributed by atoms with van der Waals surface area (Å²) < 4.78 is 72.5. The van der Waals surface area contributed by atoms with Gasteiger partial charge in [-0.3, -0.25) is 0 Å². The molecule has 1 atom stereocenters. The molecular weight excluding hydrogens is 274 g/mol. The topological polar surface area (TPSA) is 20.2 Å². The van der Waals surface area contributed by atoms with Crippen molar-refractivity contribution in [3.63, 3.8) is 0 Å². The fourth-order valence-corrected chi connectivity index (χ4v) is 1.53. The number of aliphatic hydroxyl groups is 1. The third-order valence-electron chi connectivity index (χ3n) is 2.51. The molecule has 0 heterocycles. The van der Waals surface area contributed by atoms with Crippen LogP contribution < -0.4 is 0 Å². The summed E-state index contributed by atoms with van der Waals surface area (Å²) in [7, 11) is 0. The first-order valence-corrected chi connectivity index (χ1v) is 5.49. The summed E-state index contributed by atoms with van der Waals surface area (Å²) in [6.45, 7) is 0. The van der Waals surface area contributed by atoms with Crippen molar-refractivity contribution in [2.75, 3.05) is 0 Å². The summed E-state index contributed by atoms with van der Waals surface area (Å²) in [4.78, 5) is 0. The minimum absolute atomic E-state index is 0.103. The minimum atomic E-state index is -4.45. The van der Waals surface area contributed by atoms with Crippen LogP contribution >= 0.6 is 0 Å². The molecule has 19 heavy (non-hydrogen) atoms. The molecule has 108 valence electrons. The van der Waals surface area contributed by atoms with Gasteiger partial charge >= 0.3 is 12.4 Å². The lowest BCUT2D eigenvalue weighted by Gasteiger charge is -2.13.